The summed E-state index contributed by atoms with van der Waals surface area (Å²) in [6.45, 7) is 7.76. The predicted molar refractivity (Wildman–Crippen MR) is 63.4 cm³/mol. The van der Waals surface area contributed by atoms with Crippen molar-refractivity contribution >= 4 is 11.8 Å². The summed E-state index contributed by atoms with van der Waals surface area (Å²) in [7, 11) is 0. The molecule has 0 aliphatic heterocycles. The summed E-state index contributed by atoms with van der Waals surface area (Å²) >= 11 is 0. The minimum Gasteiger partial charge on any atom is -0.480 e. The largest absolute Gasteiger partial charge is 0.480 e. The van der Waals surface area contributed by atoms with Crippen LogP contribution in [0.15, 0.2) is 0 Å². The molecule has 94 valence electrons. The highest BCUT2D eigenvalue weighted by Gasteiger charge is 2.19. The Bertz CT molecular complexity index is 236. The fraction of sp³-hybridized carbons (Fsp3) is 0.833. The van der Waals surface area contributed by atoms with Crippen molar-refractivity contribution in [1.82, 2.24) is 5.32 Å². The Morgan fingerprint density at radius 1 is 1.19 bits per heavy atom. The van der Waals surface area contributed by atoms with Crippen molar-refractivity contribution in [1.29, 1.82) is 0 Å². The molecule has 0 saturated carbocycles. The first-order chi connectivity index (χ1) is 7.32. The average molecular weight is 229 g/mol. The third kappa shape index (κ3) is 7.40. The molecule has 0 saturated heterocycles. The molecule has 0 bridgehead atoms. The predicted octanol–water partition coefficient (Wildman–Crippen LogP) is 1.83. The van der Waals surface area contributed by atoms with E-state index in [0.717, 1.165) is 0 Å². The first kappa shape index (κ1) is 15.1. The van der Waals surface area contributed by atoms with Gasteiger partial charge in [-0.1, -0.05) is 27.7 Å². The lowest BCUT2D eigenvalue weighted by molar-refractivity contribution is -0.139. The third-order valence-electron chi connectivity index (χ3n) is 2.18. The van der Waals surface area contributed by atoms with Crippen LogP contribution in [0.4, 0.5) is 0 Å². The van der Waals surface area contributed by atoms with Crippen molar-refractivity contribution in [2.75, 3.05) is 0 Å². The molecule has 0 aromatic heterocycles. The minimum atomic E-state index is -0.883. The van der Waals surface area contributed by atoms with Gasteiger partial charge in [0.25, 0.3) is 0 Å². The van der Waals surface area contributed by atoms with Gasteiger partial charge in [-0.25, -0.2) is 0 Å². The normalized spacial score (nSPS) is 13.1. The van der Waals surface area contributed by atoms with Gasteiger partial charge >= 0.3 is 5.97 Å². The van der Waals surface area contributed by atoms with Crippen molar-refractivity contribution < 1.29 is 14.7 Å². The number of carbonyl (C=O) groups excluding carboxylic acids is 1. The smallest absolute Gasteiger partial charge is 0.320 e. The van der Waals surface area contributed by atoms with Crippen LogP contribution in [0.25, 0.3) is 0 Å². The number of carbonyl (C=O) groups is 2. The van der Waals surface area contributed by atoms with Crippen molar-refractivity contribution in [2.24, 2.45) is 5.92 Å². The number of hydrogen-bond donors (Lipinski definition) is 2. The molecule has 1 atom stereocenters. The lowest BCUT2D eigenvalue weighted by atomic mass is 10.0. The summed E-state index contributed by atoms with van der Waals surface area (Å²) in [5.41, 5.74) is 0. The van der Waals surface area contributed by atoms with E-state index in [1.165, 1.54) is 0 Å². The fourth-order valence-corrected chi connectivity index (χ4v) is 1.54. The molecule has 1 unspecified atom stereocenters. The molecule has 0 spiro atoms. The van der Waals surface area contributed by atoms with Gasteiger partial charge in [-0.05, 0) is 12.3 Å². The monoisotopic (exact) mass is 229 g/mol. The number of rotatable bonds is 8. The van der Waals surface area contributed by atoms with Gasteiger partial charge in [0.1, 0.15) is 11.8 Å². The van der Waals surface area contributed by atoms with Crippen LogP contribution in [0, 0.1) is 5.92 Å². The zero-order valence-corrected chi connectivity index (χ0v) is 10.6. The first-order valence-corrected chi connectivity index (χ1v) is 5.83. The van der Waals surface area contributed by atoms with Crippen LogP contribution in [-0.2, 0) is 9.59 Å². The summed E-state index contributed by atoms with van der Waals surface area (Å²) in [6, 6.07) is -0.502. The molecule has 0 fully saturated rings. The number of Topliss-reactive ketones (excluding diaryl/α,β-unsaturated/α-hetero) is 1. The highest BCUT2D eigenvalue weighted by molar-refractivity contribution is 5.80. The van der Waals surface area contributed by atoms with Crippen LogP contribution < -0.4 is 5.32 Å². The molecule has 0 aliphatic rings. The summed E-state index contributed by atoms with van der Waals surface area (Å²) in [5, 5.41) is 11.9. The van der Waals surface area contributed by atoms with E-state index in [-0.39, 0.29) is 11.8 Å². The summed E-state index contributed by atoms with van der Waals surface area (Å²) in [5.74, 6) is -0.397. The highest BCUT2D eigenvalue weighted by atomic mass is 16.4. The van der Waals surface area contributed by atoms with Gasteiger partial charge < -0.3 is 10.4 Å². The second-order valence-corrected chi connectivity index (χ2v) is 4.89. The second kappa shape index (κ2) is 7.39. The van der Waals surface area contributed by atoms with E-state index in [1.807, 2.05) is 27.7 Å². The van der Waals surface area contributed by atoms with Crippen LogP contribution in [0.5, 0.6) is 0 Å². The number of carboxylic acids is 1. The lowest BCUT2D eigenvalue weighted by Crippen LogP contribution is -2.41. The van der Waals surface area contributed by atoms with E-state index < -0.39 is 12.0 Å². The Morgan fingerprint density at radius 3 is 2.12 bits per heavy atom. The molecule has 0 amide bonds. The number of nitrogens with one attached hydrogen (secondary N) is 1. The molecule has 0 rings (SSSR count). The van der Waals surface area contributed by atoms with E-state index in [4.69, 9.17) is 5.11 Å². The molecule has 4 heteroatoms. The van der Waals surface area contributed by atoms with E-state index >= 15 is 0 Å². The molecule has 0 aliphatic carbocycles. The Balaban J connectivity index is 4.02. The zero-order valence-electron chi connectivity index (χ0n) is 10.6. The van der Waals surface area contributed by atoms with E-state index in [9.17, 15) is 9.59 Å². The van der Waals surface area contributed by atoms with Gasteiger partial charge in [0.15, 0.2) is 0 Å². The van der Waals surface area contributed by atoms with E-state index in [2.05, 4.69) is 5.32 Å². The quantitative estimate of drug-likeness (QED) is 0.666. The Kier molecular flexibility index (Phi) is 6.97. The zero-order chi connectivity index (χ0) is 12.7. The molecular weight excluding hydrogens is 206 g/mol. The molecule has 0 radical (unpaired) electrons. The van der Waals surface area contributed by atoms with Crippen LogP contribution in [0.2, 0.25) is 0 Å². The summed E-state index contributed by atoms with van der Waals surface area (Å²) < 4.78 is 0. The first-order valence-electron chi connectivity index (χ1n) is 5.83. The van der Waals surface area contributed by atoms with E-state index in [0.29, 0.717) is 25.2 Å². The Labute approximate surface area is 97.4 Å². The molecular formula is C12H23NO3. The maximum atomic E-state index is 11.4. The summed E-state index contributed by atoms with van der Waals surface area (Å²) in [6.07, 6.45) is 1.25. The number of carboxylic acid groups (broad SMARTS) is 1. The van der Waals surface area contributed by atoms with Crippen LogP contribution >= 0.6 is 0 Å². The topological polar surface area (TPSA) is 66.4 Å². The van der Waals surface area contributed by atoms with Crippen molar-refractivity contribution in [2.45, 2.75) is 59.0 Å². The van der Waals surface area contributed by atoms with Gasteiger partial charge in [-0.2, -0.15) is 0 Å². The number of aliphatic carboxylic acids is 1. The standard InChI is InChI=1S/C12H23NO3/c1-8(2)7-10(14)5-6-11(12(15)16)13-9(3)4/h8-9,11,13H,5-7H2,1-4H3,(H,15,16). The number of hydrogen-bond acceptors (Lipinski definition) is 3. The molecule has 16 heavy (non-hydrogen) atoms. The van der Waals surface area contributed by atoms with Crippen LogP contribution in [0.1, 0.15) is 47.0 Å². The van der Waals surface area contributed by atoms with Gasteiger partial charge in [0.2, 0.25) is 0 Å². The van der Waals surface area contributed by atoms with Gasteiger partial charge in [-0.3, -0.25) is 9.59 Å². The lowest BCUT2D eigenvalue weighted by Gasteiger charge is -2.16. The minimum absolute atomic E-state index is 0.112. The SMILES string of the molecule is CC(C)CC(=O)CCC(NC(C)C)C(=O)O. The van der Waals surface area contributed by atoms with Gasteiger partial charge in [0.05, 0.1) is 0 Å². The molecule has 0 aromatic carbocycles. The Morgan fingerprint density at radius 2 is 1.75 bits per heavy atom. The second-order valence-electron chi connectivity index (χ2n) is 4.89. The Hall–Kier alpha value is -0.900. The third-order valence-corrected chi connectivity index (χ3v) is 2.18. The van der Waals surface area contributed by atoms with Gasteiger partial charge in [0, 0.05) is 18.9 Å². The maximum Gasteiger partial charge on any atom is 0.320 e. The molecule has 0 aromatic rings. The van der Waals surface area contributed by atoms with Crippen LogP contribution in [0.3, 0.4) is 0 Å². The van der Waals surface area contributed by atoms with Crippen molar-refractivity contribution in [3.63, 3.8) is 0 Å². The number of ketones is 1. The van der Waals surface area contributed by atoms with Gasteiger partial charge in [-0.15, -0.1) is 0 Å². The molecule has 2 N–H and O–H groups in total. The molecule has 4 nitrogen and oxygen atoms in total. The van der Waals surface area contributed by atoms with Crippen molar-refractivity contribution in [3.05, 3.63) is 0 Å². The van der Waals surface area contributed by atoms with E-state index in [1.54, 1.807) is 0 Å². The fourth-order valence-electron chi connectivity index (χ4n) is 1.54. The van der Waals surface area contributed by atoms with Crippen LogP contribution in [-0.4, -0.2) is 28.9 Å². The highest BCUT2D eigenvalue weighted by Crippen LogP contribution is 2.07. The van der Waals surface area contributed by atoms with Crippen molar-refractivity contribution in [3.8, 4) is 0 Å². The summed E-state index contributed by atoms with van der Waals surface area (Å²) in [4.78, 5) is 22.3. The maximum absolute atomic E-state index is 11.4. The molecule has 0 heterocycles. The average Bonchev–Trinajstić information content (AvgIpc) is 2.09.